The second-order valence-corrected chi connectivity index (χ2v) is 9.73. The van der Waals surface area contributed by atoms with Crippen molar-refractivity contribution in [1.82, 2.24) is 9.97 Å². The third kappa shape index (κ3) is 9.46. The number of hydrogen-bond acceptors (Lipinski definition) is 8. The molecule has 0 spiro atoms. The summed E-state index contributed by atoms with van der Waals surface area (Å²) in [7, 11) is -7.83. The summed E-state index contributed by atoms with van der Waals surface area (Å²) in [5.41, 5.74) is 3.84. The van der Waals surface area contributed by atoms with Crippen molar-refractivity contribution in [3.05, 3.63) is 72.8 Å². The highest BCUT2D eigenvalue weighted by Gasteiger charge is 2.11. The maximum atomic E-state index is 9.08. The van der Waals surface area contributed by atoms with Gasteiger partial charge in [-0.1, -0.05) is 88.4 Å². The van der Waals surface area contributed by atoms with Crippen molar-refractivity contribution in [2.45, 2.75) is 27.7 Å². The first-order valence-corrected chi connectivity index (χ1v) is 14.8. The normalized spacial score (nSPS) is 10.7. The molecule has 0 saturated carbocycles. The third-order valence-electron chi connectivity index (χ3n) is 4.23. The zero-order valence-electron chi connectivity index (χ0n) is 21.1. The largest absolute Gasteiger partial charge is 0.748 e. The third-order valence-corrected chi connectivity index (χ3v) is 4.23. The Bertz CT molecular complexity index is 1510. The molecule has 0 N–H and O–H groups in total. The summed E-state index contributed by atoms with van der Waals surface area (Å²) in [5.74, 6) is 0. The van der Waals surface area contributed by atoms with Gasteiger partial charge in [-0.05, 0) is 22.9 Å². The van der Waals surface area contributed by atoms with E-state index in [0.29, 0.717) is 12.5 Å². The summed E-state index contributed by atoms with van der Waals surface area (Å²) in [4.78, 5) is 9.79. The molecule has 4 aromatic carbocycles. The highest BCUT2D eigenvalue weighted by atomic mass is 32.2. The van der Waals surface area contributed by atoms with E-state index in [1.54, 1.807) is 0 Å². The van der Waals surface area contributed by atoms with Gasteiger partial charge in [0.25, 0.3) is 0 Å². The lowest BCUT2D eigenvalue weighted by molar-refractivity contribution is 0.468. The molecule has 8 nitrogen and oxygen atoms in total. The number of hydrogen-bond donors (Lipinski definition) is 0. The smallest absolute Gasteiger partial charge is 0.0979 e. The molecule has 194 valence electrons. The lowest BCUT2D eigenvalue weighted by Gasteiger charge is -2.09. The summed E-state index contributed by atoms with van der Waals surface area (Å²) in [6.45, 7) is 8.00. The minimum atomic E-state index is -3.92. The second kappa shape index (κ2) is 13.8. The molecule has 0 amide bonds. The average molecular weight is 531 g/mol. The average Bonchev–Trinajstić information content (AvgIpc) is 2.84. The van der Waals surface area contributed by atoms with Crippen LogP contribution in [0, 0.1) is 0 Å². The molecule has 0 saturated heterocycles. The molecule has 0 atom stereocenters. The van der Waals surface area contributed by atoms with Gasteiger partial charge in [-0.3, -0.25) is 0 Å². The first-order valence-electron chi connectivity index (χ1n) is 11.2. The quantitative estimate of drug-likeness (QED) is 0.146. The summed E-state index contributed by atoms with van der Waals surface area (Å²) >= 11 is 0. The van der Waals surface area contributed by atoms with Gasteiger partial charge in [-0.15, -0.1) is 0 Å². The van der Waals surface area contributed by atoms with Crippen LogP contribution in [0.5, 0.6) is 0 Å². The summed E-state index contributed by atoms with van der Waals surface area (Å²) < 4.78 is 54.5. The van der Waals surface area contributed by atoms with Crippen molar-refractivity contribution >= 4 is 63.8 Å². The Balaban J connectivity index is 0.000000391. The van der Waals surface area contributed by atoms with E-state index in [1.165, 1.54) is 10.8 Å². The molecule has 0 fully saturated rings. The van der Waals surface area contributed by atoms with Crippen molar-refractivity contribution in [3.8, 4) is 0 Å². The number of benzene rings is 4. The first-order chi connectivity index (χ1) is 16.9. The van der Waals surface area contributed by atoms with E-state index in [4.69, 9.17) is 35.9 Å². The van der Waals surface area contributed by atoms with E-state index in [1.807, 2.05) is 52.0 Å². The van der Waals surface area contributed by atoms with Crippen LogP contribution in [-0.4, -0.2) is 48.4 Å². The molecule has 0 aliphatic carbocycles. The number of rotatable bonds is 0. The van der Waals surface area contributed by atoms with Crippen molar-refractivity contribution in [2.24, 2.45) is 0 Å². The Labute approximate surface area is 212 Å². The first kappa shape index (κ1) is 30.9. The molecule has 5 rings (SSSR count). The van der Waals surface area contributed by atoms with Crippen LogP contribution in [0.15, 0.2) is 72.8 Å². The highest BCUT2D eigenvalue weighted by Crippen LogP contribution is 2.33. The fraction of sp³-hybridized carbons (Fsp3) is 0.231. The van der Waals surface area contributed by atoms with E-state index in [9.17, 15) is 0 Å². The lowest BCUT2D eigenvalue weighted by Crippen LogP contribution is -1.90. The Kier molecular flexibility index (Phi) is 11.8. The number of aromatic nitrogens is 2. The number of fused-ring (bicyclic) bond motifs is 7. The predicted octanol–water partition coefficient (Wildman–Crippen LogP) is 5.46. The molecule has 0 bridgehead atoms. The van der Waals surface area contributed by atoms with Gasteiger partial charge < -0.3 is 9.11 Å². The van der Waals surface area contributed by atoms with E-state index >= 15 is 0 Å². The van der Waals surface area contributed by atoms with Gasteiger partial charge in [-0.25, -0.2) is 26.8 Å². The molecule has 0 aliphatic rings. The zero-order chi connectivity index (χ0) is 27.5. The van der Waals surface area contributed by atoms with Crippen LogP contribution < -0.4 is 0 Å². The van der Waals surface area contributed by atoms with Gasteiger partial charge in [-0.2, -0.15) is 0 Å². The molecule has 1 heterocycles. The van der Waals surface area contributed by atoms with Crippen LogP contribution >= 0.6 is 0 Å². The Morgan fingerprint density at radius 1 is 0.500 bits per heavy atom. The molecule has 0 aliphatic heterocycles. The monoisotopic (exact) mass is 530 g/mol. The molecular weight excluding hydrogens is 500 g/mol. The minimum Gasteiger partial charge on any atom is -0.748 e. The van der Waals surface area contributed by atoms with Gasteiger partial charge in [0.2, 0.25) is 0 Å². The van der Waals surface area contributed by atoms with Gasteiger partial charge in [0.1, 0.15) is 0 Å². The van der Waals surface area contributed by atoms with Crippen LogP contribution in [0.4, 0.5) is 0 Å². The molecule has 10 heteroatoms. The molecule has 0 unspecified atom stereocenters. The maximum Gasteiger partial charge on any atom is 0.0979 e. The molecule has 36 heavy (non-hydrogen) atoms. The Morgan fingerprint density at radius 2 is 0.722 bits per heavy atom. The van der Waals surface area contributed by atoms with Gasteiger partial charge in [0.15, 0.2) is 0 Å². The van der Waals surface area contributed by atoms with Crippen molar-refractivity contribution < 1.29 is 25.9 Å². The fourth-order valence-electron chi connectivity index (χ4n) is 3.22. The van der Waals surface area contributed by atoms with Crippen molar-refractivity contribution in [1.29, 1.82) is 0 Å². The molecule has 5 aromatic rings. The summed E-state index contributed by atoms with van der Waals surface area (Å²) in [5, 5.41) is 4.79. The van der Waals surface area contributed by atoms with Crippen LogP contribution in [0.3, 0.4) is 0 Å². The van der Waals surface area contributed by atoms with E-state index in [2.05, 4.69) is 48.5 Å². The van der Waals surface area contributed by atoms with Crippen LogP contribution in [-0.2, 0) is 20.2 Å². The second-order valence-electron chi connectivity index (χ2n) is 6.91. The van der Waals surface area contributed by atoms with Crippen LogP contribution in [0.1, 0.15) is 27.7 Å². The lowest BCUT2D eigenvalue weighted by atomic mass is 9.99. The Hall–Kier alpha value is -3.18. The minimum absolute atomic E-state index is 0.604. The molecular formula is C26H30N2O6S2-2. The standard InChI is InChI=1S/C20H12N2.2C2H6.2CH4O3S/c1-3-9-15-13(7-1)14-8-2-4-10-16(14)20-19(15)21-17-11-5-6-12-18(17)22-20;2*1-2;2*1-5(2,3)4/h1-12H;2*1-2H3;2*1H3,(H,2,3,4)/p-2. The van der Waals surface area contributed by atoms with Gasteiger partial charge >= 0.3 is 0 Å². The van der Waals surface area contributed by atoms with Crippen molar-refractivity contribution in [3.63, 3.8) is 0 Å². The van der Waals surface area contributed by atoms with Crippen LogP contribution in [0.2, 0.25) is 0 Å². The number of para-hydroxylation sites is 2. The predicted molar refractivity (Wildman–Crippen MR) is 146 cm³/mol. The molecule has 1 aromatic heterocycles. The van der Waals surface area contributed by atoms with E-state index in [-0.39, 0.29) is 0 Å². The van der Waals surface area contributed by atoms with Gasteiger partial charge in [0.05, 0.1) is 42.3 Å². The van der Waals surface area contributed by atoms with Crippen molar-refractivity contribution in [2.75, 3.05) is 12.5 Å². The summed E-state index contributed by atoms with van der Waals surface area (Å²) in [6, 6.07) is 24.9. The Morgan fingerprint density at radius 3 is 1.00 bits per heavy atom. The fourth-order valence-corrected chi connectivity index (χ4v) is 3.22. The SMILES string of the molecule is CC.CC.CS(=O)(=O)[O-].CS(=O)(=O)[O-].c1ccc2nc3c4ccccc4c4ccccc4c3nc2c1. The summed E-state index contributed by atoms with van der Waals surface area (Å²) in [6.07, 6.45) is 1.21. The topological polar surface area (TPSA) is 140 Å². The number of nitrogens with zero attached hydrogens (tertiary/aromatic N) is 2. The maximum absolute atomic E-state index is 9.08. The van der Waals surface area contributed by atoms with E-state index in [0.717, 1.165) is 32.8 Å². The van der Waals surface area contributed by atoms with Gasteiger partial charge in [0, 0.05) is 23.3 Å². The zero-order valence-corrected chi connectivity index (χ0v) is 22.7. The van der Waals surface area contributed by atoms with Crippen LogP contribution in [0.25, 0.3) is 43.6 Å². The molecule has 0 radical (unpaired) electrons. The van der Waals surface area contributed by atoms with E-state index < -0.39 is 20.2 Å². The highest BCUT2D eigenvalue weighted by molar-refractivity contribution is 7.85.